The van der Waals surface area contributed by atoms with Gasteiger partial charge < -0.3 is 65.1 Å². The van der Waals surface area contributed by atoms with Gasteiger partial charge in [0.25, 0.3) is 0 Å². The van der Waals surface area contributed by atoms with Gasteiger partial charge in [0, 0.05) is 6.42 Å². The second-order valence-electron chi connectivity index (χ2n) is 20.8. The summed E-state index contributed by atoms with van der Waals surface area (Å²) in [6.07, 6.45) is 31.1. The fourth-order valence-electron chi connectivity index (χ4n) is 9.76. The first kappa shape index (κ1) is 64.8. The van der Waals surface area contributed by atoms with Gasteiger partial charge in [-0.15, -0.1) is 0 Å². The van der Waals surface area contributed by atoms with Crippen LogP contribution in [0.2, 0.25) is 0 Å². The number of amides is 1. The number of aliphatic hydroxyl groups is 8. The highest BCUT2D eigenvalue weighted by Gasteiger charge is 2.51. The van der Waals surface area contributed by atoms with Gasteiger partial charge in [-0.05, 0) is 19.3 Å². The molecule has 414 valence electrons. The summed E-state index contributed by atoms with van der Waals surface area (Å²) in [6, 6.07) is -0.908. The van der Waals surface area contributed by atoms with Crippen LogP contribution in [0.4, 0.5) is 0 Å². The number of rotatable bonds is 46. The number of unbranched alkanes of at least 4 members (excludes halogenated alkanes) is 33. The molecule has 0 aliphatic carbocycles. The third-order valence-corrected chi connectivity index (χ3v) is 14.5. The quantitative estimate of drug-likeness (QED) is 0.0205. The molecule has 70 heavy (non-hydrogen) atoms. The highest BCUT2D eigenvalue weighted by molar-refractivity contribution is 5.76. The summed E-state index contributed by atoms with van der Waals surface area (Å²) in [4.78, 5) is 13.2. The van der Waals surface area contributed by atoms with Gasteiger partial charge in [-0.2, -0.15) is 0 Å². The molecule has 4 unspecified atom stereocenters. The average molecular weight is 1000 g/mol. The number of ether oxygens (including phenoxy) is 4. The first-order valence-corrected chi connectivity index (χ1v) is 28.9. The molecule has 2 aliphatic rings. The molecular weight excluding hydrogens is 895 g/mol. The van der Waals surface area contributed by atoms with Crippen LogP contribution in [-0.2, 0) is 23.7 Å². The molecule has 0 spiro atoms. The number of nitrogens with one attached hydrogen (secondary N) is 1. The molecule has 2 aliphatic heterocycles. The van der Waals surface area contributed by atoms with Crippen molar-refractivity contribution in [3.8, 4) is 0 Å². The van der Waals surface area contributed by atoms with Gasteiger partial charge >= 0.3 is 0 Å². The molecule has 12 atom stereocenters. The topological polar surface area (TPSA) is 228 Å². The van der Waals surface area contributed by atoms with Crippen LogP contribution in [-0.4, -0.2) is 140 Å². The number of carbonyl (C=O) groups excluding carboxylic acids is 1. The lowest BCUT2D eigenvalue weighted by atomic mass is 9.97. The van der Waals surface area contributed by atoms with E-state index >= 15 is 0 Å². The van der Waals surface area contributed by atoms with Crippen molar-refractivity contribution in [1.29, 1.82) is 0 Å². The van der Waals surface area contributed by atoms with Gasteiger partial charge in [0.05, 0.1) is 32.0 Å². The smallest absolute Gasteiger partial charge is 0.220 e. The van der Waals surface area contributed by atoms with E-state index < -0.39 is 86.8 Å². The second kappa shape index (κ2) is 43.0. The third-order valence-electron chi connectivity index (χ3n) is 14.5. The van der Waals surface area contributed by atoms with E-state index in [4.69, 9.17) is 18.9 Å². The van der Waals surface area contributed by atoms with Crippen LogP contribution < -0.4 is 5.32 Å². The standard InChI is InChI=1S/C56H107NO13/c1-3-5-7-9-11-13-15-17-18-19-20-21-22-23-24-25-26-28-30-32-34-36-38-40-48(61)57-44(45(60)39-37-35-33-31-29-27-16-14-12-10-8-6-4-2)43-67-55-53(66)51(64)54(47(42-59)69-55)70-56-52(65)50(63)49(62)46(41-58)68-56/h37,39,44-47,49-56,58-60,62-66H,3-36,38,40-43H2,1-2H3,(H,57,61)/b39-37+/t44-,45+,46?,47?,49-,50-,51+,52?,53?,54+,55+,56-/m0/s1. The second-order valence-corrected chi connectivity index (χ2v) is 20.8. The number of hydrogen-bond acceptors (Lipinski definition) is 13. The monoisotopic (exact) mass is 1000 g/mol. The van der Waals surface area contributed by atoms with Gasteiger partial charge in [-0.1, -0.05) is 231 Å². The molecule has 0 aromatic rings. The Balaban J connectivity index is 1.74. The normalized spacial score (nSPS) is 26.0. The van der Waals surface area contributed by atoms with E-state index in [1.54, 1.807) is 6.08 Å². The summed E-state index contributed by atoms with van der Waals surface area (Å²) in [5, 5.41) is 86.9. The van der Waals surface area contributed by atoms with Gasteiger partial charge in [0.1, 0.15) is 48.8 Å². The van der Waals surface area contributed by atoms with Crippen molar-refractivity contribution in [2.45, 2.75) is 319 Å². The maximum absolute atomic E-state index is 13.2. The Kier molecular flexibility index (Phi) is 39.9. The average Bonchev–Trinajstić information content (AvgIpc) is 3.36. The van der Waals surface area contributed by atoms with Crippen molar-refractivity contribution < 1.29 is 64.6 Å². The molecule has 2 rings (SSSR count). The lowest BCUT2D eigenvalue weighted by molar-refractivity contribution is -0.359. The van der Waals surface area contributed by atoms with Crippen molar-refractivity contribution in [1.82, 2.24) is 5.32 Å². The first-order chi connectivity index (χ1) is 34.1. The van der Waals surface area contributed by atoms with Crippen molar-refractivity contribution in [3.05, 3.63) is 12.2 Å². The van der Waals surface area contributed by atoms with E-state index in [1.165, 1.54) is 180 Å². The number of aliphatic hydroxyl groups excluding tert-OH is 8. The van der Waals surface area contributed by atoms with Gasteiger partial charge in [0.2, 0.25) is 5.91 Å². The molecule has 14 heteroatoms. The fraction of sp³-hybridized carbons (Fsp3) is 0.946. The Bertz CT molecular complexity index is 1230. The summed E-state index contributed by atoms with van der Waals surface area (Å²) in [6.45, 7) is 2.81. The highest BCUT2D eigenvalue weighted by Crippen LogP contribution is 2.30. The molecule has 0 aromatic carbocycles. The lowest BCUT2D eigenvalue weighted by Crippen LogP contribution is -2.65. The summed E-state index contributed by atoms with van der Waals surface area (Å²) >= 11 is 0. The largest absolute Gasteiger partial charge is 0.394 e. The van der Waals surface area contributed by atoms with Crippen LogP contribution in [0.25, 0.3) is 0 Å². The summed E-state index contributed by atoms with van der Waals surface area (Å²) in [7, 11) is 0. The minimum absolute atomic E-state index is 0.235. The fourth-order valence-corrected chi connectivity index (χ4v) is 9.76. The minimum atomic E-state index is -1.78. The highest BCUT2D eigenvalue weighted by atomic mass is 16.7. The van der Waals surface area contributed by atoms with Crippen LogP contribution in [0.15, 0.2) is 12.2 Å². The molecule has 0 saturated carbocycles. The van der Waals surface area contributed by atoms with Crippen molar-refractivity contribution in [2.75, 3.05) is 19.8 Å². The van der Waals surface area contributed by atoms with Crippen LogP contribution in [0.5, 0.6) is 0 Å². The van der Waals surface area contributed by atoms with Gasteiger partial charge in [0.15, 0.2) is 12.6 Å². The van der Waals surface area contributed by atoms with Gasteiger partial charge in [-0.3, -0.25) is 4.79 Å². The predicted octanol–water partition coefficient (Wildman–Crippen LogP) is 9.11. The molecule has 2 heterocycles. The van der Waals surface area contributed by atoms with E-state index in [0.717, 1.165) is 38.5 Å². The van der Waals surface area contributed by atoms with Crippen LogP contribution in [0.3, 0.4) is 0 Å². The molecule has 2 saturated heterocycles. The van der Waals surface area contributed by atoms with E-state index in [0.29, 0.717) is 6.42 Å². The van der Waals surface area contributed by atoms with Crippen molar-refractivity contribution >= 4 is 5.91 Å². The number of allylic oxidation sites excluding steroid dienone is 1. The Morgan fingerprint density at radius 1 is 0.500 bits per heavy atom. The first-order valence-electron chi connectivity index (χ1n) is 28.9. The van der Waals surface area contributed by atoms with E-state index in [-0.39, 0.29) is 18.9 Å². The van der Waals surface area contributed by atoms with E-state index in [1.807, 2.05) is 6.08 Å². The number of carbonyl (C=O) groups is 1. The maximum atomic E-state index is 13.2. The summed E-state index contributed by atoms with van der Waals surface area (Å²) in [5.74, 6) is -0.235. The van der Waals surface area contributed by atoms with Crippen molar-refractivity contribution in [2.24, 2.45) is 0 Å². The zero-order valence-corrected chi connectivity index (χ0v) is 44.3. The Labute approximate surface area is 425 Å². The molecule has 14 nitrogen and oxygen atoms in total. The predicted molar refractivity (Wildman–Crippen MR) is 277 cm³/mol. The maximum Gasteiger partial charge on any atom is 0.220 e. The molecule has 0 aromatic heterocycles. The minimum Gasteiger partial charge on any atom is -0.394 e. The lowest BCUT2D eigenvalue weighted by Gasteiger charge is -2.46. The Morgan fingerprint density at radius 2 is 0.886 bits per heavy atom. The zero-order chi connectivity index (χ0) is 51.0. The zero-order valence-electron chi connectivity index (χ0n) is 44.3. The van der Waals surface area contributed by atoms with E-state index in [9.17, 15) is 45.6 Å². The summed E-state index contributed by atoms with van der Waals surface area (Å²) in [5.41, 5.74) is 0. The third kappa shape index (κ3) is 29.0. The Morgan fingerprint density at radius 3 is 1.31 bits per heavy atom. The number of hydrogen-bond donors (Lipinski definition) is 9. The molecule has 2 fully saturated rings. The molecular formula is C56H107NO13. The summed E-state index contributed by atoms with van der Waals surface area (Å²) < 4.78 is 22.7. The van der Waals surface area contributed by atoms with Crippen LogP contribution >= 0.6 is 0 Å². The molecule has 1 amide bonds. The molecule has 9 N–H and O–H groups in total. The van der Waals surface area contributed by atoms with Crippen LogP contribution in [0, 0.1) is 0 Å². The van der Waals surface area contributed by atoms with E-state index in [2.05, 4.69) is 19.2 Å². The SMILES string of the molecule is CCCCCCCCCCCCC/C=C/[C@@H](O)[C@H](CO[C@@H]1OC(CO)[C@@H](O[C@@H]2OC(CO)[C@H](O)[C@H](O)C2O)[C@H](O)C1O)NC(=O)CCCCCCCCCCCCCCCCCCCCCCCCC. The molecule has 0 bridgehead atoms. The van der Waals surface area contributed by atoms with Crippen molar-refractivity contribution in [3.63, 3.8) is 0 Å². The van der Waals surface area contributed by atoms with Crippen LogP contribution in [0.1, 0.15) is 245 Å². The molecule has 0 radical (unpaired) electrons. The van der Waals surface area contributed by atoms with Gasteiger partial charge in [-0.25, -0.2) is 0 Å². The Hall–Kier alpha value is -1.27.